The van der Waals surface area contributed by atoms with E-state index in [1.165, 1.54) is 116 Å². The first kappa shape index (κ1) is 37.1. The topological polar surface area (TPSA) is 3.24 Å². The van der Waals surface area contributed by atoms with Crippen molar-refractivity contribution in [1.29, 1.82) is 0 Å². The van der Waals surface area contributed by atoms with Gasteiger partial charge in [-0.3, -0.25) is 0 Å². The molecule has 0 radical (unpaired) electrons. The average Bonchev–Trinajstić information content (AvgIpc) is 3.56. The highest BCUT2D eigenvalue weighted by molar-refractivity contribution is 6.22. The van der Waals surface area contributed by atoms with Crippen LogP contribution < -0.4 is 4.90 Å². The van der Waals surface area contributed by atoms with Crippen molar-refractivity contribution in [2.24, 2.45) is 0 Å². The Hall–Kier alpha value is -7.74. The first-order chi connectivity index (χ1) is 31.0. The van der Waals surface area contributed by atoms with Crippen molar-refractivity contribution >= 4 is 60.2 Å². The second-order valence-corrected chi connectivity index (χ2v) is 17.6. The first-order valence-electron chi connectivity index (χ1n) is 22.1. The maximum Gasteiger partial charge on any atom is 0.0540 e. The molecule has 0 spiro atoms. The summed E-state index contributed by atoms with van der Waals surface area (Å²) in [7, 11) is 0. The molecule has 1 nitrogen and oxygen atoms in total. The fourth-order valence-corrected chi connectivity index (χ4v) is 10.8. The number of hydrogen-bond acceptors (Lipinski definition) is 1. The van der Waals surface area contributed by atoms with Crippen LogP contribution >= 0.6 is 0 Å². The van der Waals surface area contributed by atoms with Gasteiger partial charge in [-0.2, -0.15) is 0 Å². The lowest BCUT2D eigenvalue weighted by Gasteiger charge is -2.30. The lowest BCUT2D eigenvalue weighted by molar-refractivity contribution is 0.660. The smallest absolute Gasteiger partial charge is 0.0540 e. The highest BCUT2D eigenvalue weighted by Crippen LogP contribution is 2.54. The van der Waals surface area contributed by atoms with Crippen LogP contribution in [0.15, 0.2) is 218 Å². The Balaban J connectivity index is 1.03. The van der Waals surface area contributed by atoms with Crippen LogP contribution in [0, 0.1) is 6.92 Å². The van der Waals surface area contributed by atoms with Crippen LogP contribution in [0.5, 0.6) is 0 Å². The van der Waals surface area contributed by atoms with Crippen molar-refractivity contribution in [3.05, 3.63) is 235 Å². The van der Waals surface area contributed by atoms with Gasteiger partial charge in [-0.1, -0.05) is 202 Å². The van der Waals surface area contributed by atoms with Crippen molar-refractivity contribution < 1.29 is 0 Å². The number of aryl methyl sites for hydroxylation is 1. The second kappa shape index (κ2) is 14.4. The second-order valence-electron chi connectivity index (χ2n) is 17.6. The number of nitrogens with zero attached hydrogens (tertiary/aromatic N) is 1. The van der Waals surface area contributed by atoms with E-state index in [1.54, 1.807) is 0 Å². The van der Waals surface area contributed by atoms with Crippen LogP contribution in [0.25, 0.3) is 87.6 Å². The van der Waals surface area contributed by atoms with Gasteiger partial charge in [0.05, 0.1) is 11.4 Å². The van der Waals surface area contributed by atoms with E-state index in [4.69, 9.17) is 0 Å². The van der Waals surface area contributed by atoms with Crippen molar-refractivity contribution in [3.63, 3.8) is 0 Å². The summed E-state index contributed by atoms with van der Waals surface area (Å²) in [6.45, 7) is 7.03. The number of rotatable bonds is 6. The normalized spacial score (nSPS) is 12.8. The summed E-state index contributed by atoms with van der Waals surface area (Å²) in [5.74, 6) is 0. The molecule has 0 N–H and O–H groups in total. The molecule has 0 heterocycles. The van der Waals surface area contributed by atoms with Crippen molar-refractivity contribution in [2.75, 3.05) is 4.90 Å². The van der Waals surface area contributed by atoms with E-state index in [1.807, 2.05) is 0 Å². The van der Waals surface area contributed by atoms with Crippen LogP contribution in [-0.4, -0.2) is 0 Å². The molecule has 1 heteroatoms. The summed E-state index contributed by atoms with van der Waals surface area (Å²) in [5.41, 5.74) is 17.4. The van der Waals surface area contributed by atoms with Crippen LogP contribution in [0.2, 0.25) is 0 Å². The van der Waals surface area contributed by atoms with Crippen molar-refractivity contribution in [3.8, 4) is 44.5 Å². The van der Waals surface area contributed by atoms with E-state index < -0.39 is 0 Å². The van der Waals surface area contributed by atoms with Crippen molar-refractivity contribution in [1.82, 2.24) is 0 Å². The monoisotopic (exact) mass is 803 g/mol. The molecule has 11 aromatic rings. The Morgan fingerprint density at radius 2 is 0.857 bits per heavy atom. The van der Waals surface area contributed by atoms with E-state index in [0.29, 0.717) is 0 Å². The molecule has 1 aliphatic carbocycles. The van der Waals surface area contributed by atoms with E-state index in [2.05, 4.69) is 244 Å². The first-order valence-corrected chi connectivity index (χ1v) is 22.1. The van der Waals surface area contributed by atoms with E-state index in [9.17, 15) is 0 Å². The standard InChI is InChI=1S/C62H45N/c1-40-32-37-59(50-25-11-9-22-45(40)50)63(58-31-17-21-42-20-7-8-24-47(42)58)44-34-36-49-48-35-33-43(38-56(48)62(2,3)57(49)39-44)60-52-27-13-15-29-54(52)61(55-30-16-14-28-53(55)60)51-26-12-10-23-46(51)41-18-5-4-6-19-41/h4-39H,1-3H3. The molecule has 0 saturated carbocycles. The Morgan fingerprint density at radius 3 is 1.57 bits per heavy atom. The number of benzene rings is 11. The van der Waals surface area contributed by atoms with E-state index in [0.717, 1.165) is 5.69 Å². The van der Waals surface area contributed by atoms with Gasteiger partial charge in [-0.15, -0.1) is 0 Å². The maximum absolute atomic E-state index is 2.50. The molecular formula is C62H45N. The number of hydrogen-bond donors (Lipinski definition) is 0. The minimum atomic E-state index is -0.253. The Bertz CT molecular complexity index is 3550. The molecule has 0 bridgehead atoms. The zero-order valence-electron chi connectivity index (χ0n) is 35.7. The molecule has 0 amide bonds. The molecule has 63 heavy (non-hydrogen) atoms. The van der Waals surface area contributed by atoms with Gasteiger partial charge in [-0.05, 0) is 131 Å². The zero-order chi connectivity index (χ0) is 42.2. The van der Waals surface area contributed by atoms with Gasteiger partial charge in [-0.25, -0.2) is 0 Å². The lowest BCUT2D eigenvalue weighted by atomic mass is 9.80. The summed E-state index contributed by atoms with van der Waals surface area (Å²) in [5, 5.41) is 10.0. The Labute approximate surface area is 369 Å². The van der Waals surface area contributed by atoms with E-state index in [-0.39, 0.29) is 5.41 Å². The van der Waals surface area contributed by atoms with Gasteiger partial charge < -0.3 is 4.90 Å². The SMILES string of the molecule is Cc1ccc(N(c2ccc3c(c2)C(C)(C)c2cc(-c4c5ccccc5c(-c5ccccc5-c5ccccc5)c5ccccc45)ccc2-3)c2cccc3ccccc23)c2ccccc12. The number of fused-ring (bicyclic) bond motifs is 7. The molecule has 0 aliphatic heterocycles. The fourth-order valence-electron chi connectivity index (χ4n) is 10.8. The van der Waals surface area contributed by atoms with Gasteiger partial charge in [0.25, 0.3) is 0 Å². The molecule has 12 rings (SSSR count). The molecule has 0 atom stereocenters. The summed E-state index contributed by atoms with van der Waals surface area (Å²) in [6.07, 6.45) is 0. The predicted octanol–water partition coefficient (Wildman–Crippen LogP) is 17.4. The van der Waals surface area contributed by atoms with Gasteiger partial charge in [0.15, 0.2) is 0 Å². The molecule has 0 fully saturated rings. The van der Waals surface area contributed by atoms with Crippen LogP contribution in [-0.2, 0) is 5.41 Å². The molecule has 11 aromatic carbocycles. The zero-order valence-corrected chi connectivity index (χ0v) is 35.7. The van der Waals surface area contributed by atoms with E-state index >= 15 is 0 Å². The Kier molecular flexibility index (Phi) is 8.49. The molecule has 298 valence electrons. The van der Waals surface area contributed by atoms with Crippen molar-refractivity contribution in [2.45, 2.75) is 26.2 Å². The van der Waals surface area contributed by atoms with Crippen LogP contribution in [0.4, 0.5) is 17.1 Å². The minimum absolute atomic E-state index is 0.253. The fraction of sp³-hybridized carbons (Fsp3) is 0.0645. The van der Waals surface area contributed by atoms with Gasteiger partial charge in [0.1, 0.15) is 0 Å². The van der Waals surface area contributed by atoms with Gasteiger partial charge in [0, 0.05) is 21.9 Å². The molecule has 0 aromatic heterocycles. The highest BCUT2D eigenvalue weighted by atomic mass is 15.1. The summed E-state index contributed by atoms with van der Waals surface area (Å²) in [6, 6.07) is 81.0. The quantitative estimate of drug-likeness (QED) is 0.151. The maximum atomic E-state index is 2.50. The summed E-state index contributed by atoms with van der Waals surface area (Å²) in [4.78, 5) is 2.49. The third-order valence-corrected chi connectivity index (χ3v) is 13.8. The third-order valence-electron chi connectivity index (χ3n) is 13.8. The molecular weight excluding hydrogens is 759 g/mol. The van der Waals surface area contributed by atoms with Gasteiger partial charge in [0.2, 0.25) is 0 Å². The third kappa shape index (κ3) is 5.77. The molecule has 0 saturated heterocycles. The van der Waals surface area contributed by atoms with Crippen LogP contribution in [0.3, 0.4) is 0 Å². The lowest BCUT2D eigenvalue weighted by Crippen LogP contribution is -2.17. The Morgan fingerprint density at radius 1 is 0.333 bits per heavy atom. The highest BCUT2D eigenvalue weighted by Gasteiger charge is 2.37. The van der Waals surface area contributed by atoms with Crippen LogP contribution in [0.1, 0.15) is 30.5 Å². The molecule has 1 aliphatic rings. The largest absolute Gasteiger partial charge is 0.309 e. The molecule has 0 unspecified atom stereocenters. The minimum Gasteiger partial charge on any atom is -0.309 e. The predicted molar refractivity (Wildman–Crippen MR) is 270 cm³/mol. The average molecular weight is 804 g/mol. The summed E-state index contributed by atoms with van der Waals surface area (Å²) < 4.78 is 0. The summed E-state index contributed by atoms with van der Waals surface area (Å²) >= 11 is 0. The van der Waals surface area contributed by atoms with Gasteiger partial charge >= 0.3 is 0 Å². The number of anilines is 3.